The highest BCUT2D eigenvalue weighted by molar-refractivity contribution is 6.29. The quantitative estimate of drug-likeness (QED) is 0.633. The second-order valence-electron chi connectivity index (χ2n) is 2.71. The molecular weight excluding hydrogens is 183 g/mol. The van der Waals surface area contributed by atoms with Gasteiger partial charge in [0.15, 0.2) is 5.15 Å². The number of halogens is 2. The molecule has 0 spiro atoms. The van der Waals surface area contributed by atoms with Crippen LogP contribution in [0.4, 0.5) is 0 Å². The Kier molecular flexibility index (Phi) is 1.55. The zero-order valence-corrected chi connectivity index (χ0v) is 7.23. The first kappa shape index (κ1) is 7.32. The molecule has 4 heteroatoms. The SMILES string of the molecule is Clc1ccc(C2(Cl)CC2)nn1. The highest BCUT2D eigenvalue weighted by Crippen LogP contribution is 2.50. The Hall–Kier alpha value is -0.340. The summed E-state index contributed by atoms with van der Waals surface area (Å²) in [5.41, 5.74) is 0.837. The third-order valence-electron chi connectivity index (χ3n) is 1.78. The minimum Gasteiger partial charge on any atom is -0.152 e. The van der Waals surface area contributed by atoms with E-state index in [-0.39, 0.29) is 4.87 Å². The molecule has 1 heterocycles. The summed E-state index contributed by atoms with van der Waals surface area (Å²) in [6.45, 7) is 0. The molecule has 1 aliphatic rings. The van der Waals surface area contributed by atoms with E-state index in [1.165, 1.54) is 0 Å². The summed E-state index contributed by atoms with van der Waals surface area (Å²) in [5, 5.41) is 8.03. The van der Waals surface area contributed by atoms with Crippen molar-refractivity contribution in [2.24, 2.45) is 0 Å². The van der Waals surface area contributed by atoms with Gasteiger partial charge < -0.3 is 0 Å². The van der Waals surface area contributed by atoms with Crippen LogP contribution in [0.5, 0.6) is 0 Å². The average Bonchev–Trinajstić information content (AvgIpc) is 2.70. The van der Waals surface area contributed by atoms with Crippen molar-refractivity contribution in [2.75, 3.05) is 0 Å². The van der Waals surface area contributed by atoms with Gasteiger partial charge in [-0.3, -0.25) is 0 Å². The van der Waals surface area contributed by atoms with Crippen molar-refractivity contribution in [1.82, 2.24) is 10.2 Å². The van der Waals surface area contributed by atoms with Gasteiger partial charge in [0.25, 0.3) is 0 Å². The normalized spacial score (nSPS) is 19.8. The molecule has 1 aromatic rings. The number of nitrogens with zero attached hydrogens (tertiary/aromatic N) is 2. The van der Waals surface area contributed by atoms with Crippen molar-refractivity contribution in [3.8, 4) is 0 Å². The van der Waals surface area contributed by atoms with Crippen molar-refractivity contribution in [3.05, 3.63) is 23.0 Å². The maximum Gasteiger partial charge on any atom is 0.151 e. The maximum atomic E-state index is 6.08. The molecule has 2 nitrogen and oxygen atoms in total. The lowest BCUT2D eigenvalue weighted by molar-refractivity contribution is 0.862. The van der Waals surface area contributed by atoms with Crippen LogP contribution in [-0.4, -0.2) is 10.2 Å². The lowest BCUT2D eigenvalue weighted by Crippen LogP contribution is -2.00. The fraction of sp³-hybridized carbons (Fsp3) is 0.429. The lowest BCUT2D eigenvalue weighted by Gasteiger charge is -2.02. The number of hydrogen-bond acceptors (Lipinski definition) is 2. The largest absolute Gasteiger partial charge is 0.152 e. The Morgan fingerprint density at radius 1 is 1.27 bits per heavy atom. The summed E-state index contributed by atoms with van der Waals surface area (Å²) in [6.07, 6.45) is 1.98. The summed E-state index contributed by atoms with van der Waals surface area (Å²) in [4.78, 5) is -0.225. The van der Waals surface area contributed by atoms with Gasteiger partial charge in [0.05, 0.1) is 10.6 Å². The molecule has 1 fully saturated rings. The maximum absolute atomic E-state index is 6.08. The molecule has 0 N–H and O–H groups in total. The van der Waals surface area contributed by atoms with Crippen molar-refractivity contribution in [2.45, 2.75) is 17.7 Å². The summed E-state index contributed by atoms with van der Waals surface area (Å²) < 4.78 is 0. The van der Waals surface area contributed by atoms with Gasteiger partial charge in [-0.1, -0.05) is 11.6 Å². The molecule has 0 aromatic carbocycles. The van der Waals surface area contributed by atoms with E-state index in [1.807, 2.05) is 6.07 Å². The third kappa shape index (κ3) is 1.33. The van der Waals surface area contributed by atoms with E-state index in [4.69, 9.17) is 23.2 Å². The molecule has 0 aliphatic heterocycles. The Bertz CT molecular complexity index is 266. The molecule has 11 heavy (non-hydrogen) atoms. The zero-order chi connectivity index (χ0) is 7.90. The first-order chi connectivity index (χ1) is 5.21. The molecular formula is C7H6Cl2N2. The standard InChI is InChI=1S/C7H6Cl2N2/c8-6-2-1-5(10-11-6)7(9)3-4-7/h1-2H,3-4H2. The Morgan fingerprint density at radius 3 is 2.45 bits per heavy atom. The number of aromatic nitrogens is 2. The van der Waals surface area contributed by atoms with Gasteiger partial charge in [0.1, 0.15) is 0 Å². The predicted octanol–water partition coefficient (Wildman–Crippen LogP) is 2.36. The number of rotatable bonds is 1. The van der Waals surface area contributed by atoms with Gasteiger partial charge in [-0.15, -0.1) is 16.7 Å². The molecule has 58 valence electrons. The summed E-state index contributed by atoms with van der Waals surface area (Å²) in [7, 11) is 0. The van der Waals surface area contributed by atoms with Crippen LogP contribution in [0.1, 0.15) is 18.5 Å². The summed E-state index contributed by atoms with van der Waals surface area (Å²) >= 11 is 11.6. The molecule has 0 saturated heterocycles. The molecule has 0 unspecified atom stereocenters. The van der Waals surface area contributed by atoms with Crippen LogP contribution in [0.3, 0.4) is 0 Å². The lowest BCUT2D eigenvalue weighted by atomic mass is 10.3. The van der Waals surface area contributed by atoms with Crippen molar-refractivity contribution >= 4 is 23.2 Å². The van der Waals surface area contributed by atoms with Gasteiger partial charge in [-0.25, -0.2) is 0 Å². The van der Waals surface area contributed by atoms with Crippen LogP contribution in [-0.2, 0) is 4.87 Å². The molecule has 0 radical (unpaired) electrons. The smallest absolute Gasteiger partial charge is 0.151 e. The van der Waals surface area contributed by atoms with Crippen LogP contribution in [0.2, 0.25) is 5.15 Å². The van der Waals surface area contributed by atoms with E-state index < -0.39 is 0 Å². The van der Waals surface area contributed by atoms with Gasteiger partial charge >= 0.3 is 0 Å². The minimum atomic E-state index is -0.225. The molecule has 0 amide bonds. The first-order valence-corrected chi connectivity index (χ1v) is 4.15. The molecule has 1 saturated carbocycles. The summed E-state index contributed by atoms with van der Waals surface area (Å²) in [6, 6.07) is 3.54. The Morgan fingerprint density at radius 2 is 2.00 bits per heavy atom. The van der Waals surface area contributed by atoms with Crippen LogP contribution in [0, 0.1) is 0 Å². The second-order valence-corrected chi connectivity index (χ2v) is 3.82. The predicted molar refractivity (Wildman–Crippen MR) is 43.8 cm³/mol. The fourth-order valence-corrected chi connectivity index (χ4v) is 1.22. The highest BCUT2D eigenvalue weighted by Gasteiger charge is 2.44. The Labute approximate surface area is 74.5 Å². The van der Waals surface area contributed by atoms with E-state index in [2.05, 4.69) is 10.2 Å². The Balaban J connectivity index is 2.33. The van der Waals surface area contributed by atoms with Gasteiger partial charge in [0, 0.05) is 0 Å². The summed E-state index contributed by atoms with van der Waals surface area (Å²) in [5.74, 6) is 0. The average molecular weight is 189 g/mol. The topological polar surface area (TPSA) is 25.8 Å². The zero-order valence-electron chi connectivity index (χ0n) is 5.72. The van der Waals surface area contributed by atoms with Crippen LogP contribution < -0.4 is 0 Å². The molecule has 1 aliphatic carbocycles. The van der Waals surface area contributed by atoms with Crippen molar-refractivity contribution in [3.63, 3.8) is 0 Å². The molecule has 0 bridgehead atoms. The van der Waals surface area contributed by atoms with Gasteiger partial charge in [-0.2, -0.15) is 5.10 Å². The highest BCUT2D eigenvalue weighted by atomic mass is 35.5. The van der Waals surface area contributed by atoms with Gasteiger partial charge in [-0.05, 0) is 25.0 Å². The third-order valence-corrected chi connectivity index (χ3v) is 2.55. The fourth-order valence-electron chi connectivity index (χ4n) is 0.921. The van der Waals surface area contributed by atoms with E-state index in [0.717, 1.165) is 18.5 Å². The van der Waals surface area contributed by atoms with Gasteiger partial charge in [0.2, 0.25) is 0 Å². The van der Waals surface area contributed by atoms with Crippen molar-refractivity contribution < 1.29 is 0 Å². The first-order valence-electron chi connectivity index (χ1n) is 3.39. The van der Waals surface area contributed by atoms with E-state index in [9.17, 15) is 0 Å². The van der Waals surface area contributed by atoms with Crippen molar-refractivity contribution in [1.29, 1.82) is 0 Å². The van der Waals surface area contributed by atoms with E-state index in [1.54, 1.807) is 6.07 Å². The number of alkyl halides is 1. The minimum absolute atomic E-state index is 0.225. The van der Waals surface area contributed by atoms with Crippen LogP contribution in [0.15, 0.2) is 12.1 Å². The second kappa shape index (κ2) is 2.32. The molecule has 0 atom stereocenters. The van der Waals surface area contributed by atoms with Crippen LogP contribution >= 0.6 is 23.2 Å². The van der Waals surface area contributed by atoms with Crippen LogP contribution in [0.25, 0.3) is 0 Å². The van der Waals surface area contributed by atoms with E-state index in [0.29, 0.717) is 5.15 Å². The molecule has 2 rings (SSSR count). The monoisotopic (exact) mass is 188 g/mol. The van der Waals surface area contributed by atoms with E-state index >= 15 is 0 Å². The number of hydrogen-bond donors (Lipinski definition) is 0. The molecule has 1 aromatic heterocycles.